The van der Waals surface area contributed by atoms with Crippen molar-refractivity contribution < 1.29 is 28.8 Å². The number of aliphatic hydroxyl groups is 1. The van der Waals surface area contributed by atoms with Crippen LogP contribution in [0.5, 0.6) is 23.0 Å². The molecule has 2 aromatic rings. The van der Waals surface area contributed by atoms with E-state index in [-0.39, 0.29) is 11.7 Å². The molecule has 5 rings (SSSR count). The maximum Gasteiger partial charge on any atom is 0.161 e. The average Bonchev–Trinajstić information content (AvgIpc) is 3.51. The van der Waals surface area contributed by atoms with Crippen molar-refractivity contribution >= 4 is 5.78 Å². The topological polar surface area (TPSA) is 77.5 Å². The van der Waals surface area contributed by atoms with Crippen molar-refractivity contribution in [2.75, 3.05) is 40.0 Å². The van der Waals surface area contributed by atoms with Gasteiger partial charge in [-0.3, -0.25) is 9.69 Å². The van der Waals surface area contributed by atoms with Gasteiger partial charge in [0.1, 0.15) is 30.5 Å². The SMILES string of the molecule is COc1ccc(OCCC(=O)C[C@H](CN2CC3CC[C@H]2C3)[C@H](O)c2ccc3c(c2)OCCO3)cc1. The molecule has 2 aromatic carbocycles. The molecule has 0 amide bonds. The number of carbonyl (C=O) groups is 1. The Morgan fingerprint density at radius 1 is 1.09 bits per heavy atom. The van der Waals surface area contributed by atoms with E-state index in [2.05, 4.69) is 4.90 Å². The molecule has 35 heavy (non-hydrogen) atoms. The van der Waals surface area contributed by atoms with E-state index >= 15 is 0 Å². The van der Waals surface area contributed by atoms with Gasteiger partial charge in [0.05, 0.1) is 19.8 Å². The van der Waals surface area contributed by atoms with Crippen LogP contribution in [-0.2, 0) is 4.79 Å². The molecule has 2 aliphatic heterocycles. The quantitative estimate of drug-likeness (QED) is 0.519. The van der Waals surface area contributed by atoms with E-state index in [4.69, 9.17) is 18.9 Å². The fourth-order valence-electron chi connectivity index (χ4n) is 5.69. The zero-order valence-electron chi connectivity index (χ0n) is 20.4. The summed E-state index contributed by atoms with van der Waals surface area (Å²) >= 11 is 0. The van der Waals surface area contributed by atoms with Crippen molar-refractivity contribution in [3.63, 3.8) is 0 Å². The number of Topliss-reactive ketones (excluding diaryl/α,β-unsaturated/α-hetero) is 1. The number of aliphatic hydroxyl groups excluding tert-OH is 1. The summed E-state index contributed by atoms with van der Waals surface area (Å²) in [6.07, 6.45) is 3.64. The lowest BCUT2D eigenvalue weighted by molar-refractivity contribution is -0.121. The highest BCUT2D eigenvalue weighted by Gasteiger charge is 2.39. The average molecular weight is 482 g/mol. The maximum atomic E-state index is 13.0. The number of ether oxygens (including phenoxy) is 4. The summed E-state index contributed by atoms with van der Waals surface area (Å²) in [5.74, 6) is 3.51. The highest BCUT2D eigenvalue weighted by molar-refractivity contribution is 5.78. The second-order valence-corrected chi connectivity index (χ2v) is 9.91. The third-order valence-corrected chi connectivity index (χ3v) is 7.54. The van der Waals surface area contributed by atoms with Gasteiger partial charge in [0.25, 0.3) is 0 Å². The molecule has 4 atom stereocenters. The molecule has 3 aliphatic rings. The van der Waals surface area contributed by atoms with Gasteiger partial charge in [-0.25, -0.2) is 0 Å². The number of likely N-dealkylation sites (tertiary alicyclic amines) is 1. The van der Waals surface area contributed by atoms with Crippen LogP contribution < -0.4 is 18.9 Å². The fraction of sp³-hybridized carbons (Fsp3) is 0.536. The minimum Gasteiger partial charge on any atom is -0.497 e. The van der Waals surface area contributed by atoms with E-state index < -0.39 is 6.10 Å². The molecule has 0 radical (unpaired) electrons. The van der Waals surface area contributed by atoms with E-state index in [9.17, 15) is 9.90 Å². The largest absolute Gasteiger partial charge is 0.497 e. The van der Waals surface area contributed by atoms with E-state index in [1.54, 1.807) is 7.11 Å². The third kappa shape index (κ3) is 5.73. The second kappa shape index (κ2) is 10.9. The van der Waals surface area contributed by atoms with Crippen LogP contribution in [0.3, 0.4) is 0 Å². The Kier molecular flexibility index (Phi) is 7.44. The number of benzene rings is 2. The molecule has 2 fully saturated rings. The molecule has 0 spiro atoms. The Bertz CT molecular complexity index is 1010. The molecular formula is C28H35NO6. The van der Waals surface area contributed by atoms with Gasteiger partial charge >= 0.3 is 0 Å². The molecule has 188 valence electrons. The third-order valence-electron chi connectivity index (χ3n) is 7.54. The van der Waals surface area contributed by atoms with Crippen LogP contribution in [0.15, 0.2) is 42.5 Å². The minimum absolute atomic E-state index is 0.101. The molecule has 2 heterocycles. The predicted molar refractivity (Wildman–Crippen MR) is 131 cm³/mol. The zero-order chi connectivity index (χ0) is 24.2. The summed E-state index contributed by atoms with van der Waals surface area (Å²) in [7, 11) is 1.62. The molecule has 1 N–H and O–H groups in total. The smallest absolute Gasteiger partial charge is 0.161 e. The normalized spacial score (nSPS) is 22.6. The second-order valence-electron chi connectivity index (χ2n) is 9.91. The Morgan fingerprint density at radius 2 is 1.86 bits per heavy atom. The van der Waals surface area contributed by atoms with Crippen molar-refractivity contribution in [2.45, 2.75) is 44.2 Å². The van der Waals surface area contributed by atoms with Crippen LogP contribution in [0, 0.1) is 11.8 Å². The summed E-state index contributed by atoms with van der Waals surface area (Å²) in [5, 5.41) is 11.4. The zero-order valence-corrected chi connectivity index (χ0v) is 20.4. The van der Waals surface area contributed by atoms with Gasteiger partial charge < -0.3 is 24.1 Å². The van der Waals surface area contributed by atoms with Crippen LogP contribution in [-0.4, -0.2) is 61.9 Å². The summed E-state index contributed by atoms with van der Waals surface area (Å²) in [4.78, 5) is 15.5. The van der Waals surface area contributed by atoms with Gasteiger partial charge in [-0.1, -0.05) is 6.07 Å². The first-order valence-corrected chi connectivity index (χ1v) is 12.7. The molecule has 2 bridgehead atoms. The van der Waals surface area contributed by atoms with Gasteiger partial charge in [0.15, 0.2) is 11.5 Å². The Labute approximate surface area is 206 Å². The Hall–Kier alpha value is -2.77. The van der Waals surface area contributed by atoms with Crippen molar-refractivity contribution in [2.24, 2.45) is 11.8 Å². The lowest BCUT2D eigenvalue weighted by Gasteiger charge is -2.33. The minimum atomic E-state index is -0.753. The maximum absolute atomic E-state index is 13.0. The lowest BCUT2D eigenvalue weighted by atomic mass is 9.89. The van der Waals surface area contributed by atoms with Crippen molar-refractivity contribution in [1.29, 1.82) is 0 Å². The van der Waals surface area contributed by atoms with E-state index in [0.717, 1.165) is 30.3 Å². The number of hydrogen-bond donors (Lipinski definition) is 1. The lowest BCUT2D eigenvalue weighted by Crippen LogP contribution is -2.38. The molecule has 7 heteroatoms. The number of rotatable bonds is 11. The highest BCUT2D eigenvalue weighted by Crippen LogP contribution is 2.40. The number of ketones is 1. The van der Waals surface area contributed by atoms with Crippen molar-refractivity contribution in [1.82, 2.24) is 4.90 Å². The fourth-order valence-corrected chi connectivity index (χ4v) is 5.69. The van der Waals surface area contributed by atoms with E-state index in [1.807, 2.05) is 42.5 Å². The van der Waals surface area contributed by atoms with Gasteiger partial charge in [0, 0.05) is 37.9 Å². The first-order valence-electron chi connectivity index (χ1n) is 12.7. The monoisotopic (exact) mass is 481 g/mol. The first-order chi connectivity index (χ1) is 17.1. The Balaban J connectivity index is 1.22. The standard InChI is InChI=1S/C28H35NO6/c1-32-24-5-7-25(8-6-24)33-11-10-23(30)15-21(18-29-17-19-2-4-22(29)14-19)28(31)20-3-9-26-27(16-20)35-13-12-34-26/h3,5-9,16,19,21-22,28,31H,2,4,10-15,17-18H2,1H3/t19?,21-,22+,28-/m1/s1. The summed E-state index contributed by atoms with van der Waals surface area (Å²) < 4.78 is 22.3. The molecule has 0 aromatic heterocycles. The van der Waals surface area contributed by atoms with E-state index in [0.29, 0.717) is 56.0 Å². The Morgan fingerprint density at radius 3 is 2.57 bits per heavy atom. The first kappa shape index (κ1) is 23.9. The highest BCUT2D eigenvalue weighted by atomic mass is 16.6. The van der Waals surface area contributed by atoms with E-state index in [1.165, 1.54) is 19.3 Å². The number of carbonyl (C=O) groups excluding carboxylic acids is 1. The van der Waals surface area contributed by atoms with Gasteiger partial charge in [-0.05, 0) is 67.1 Å². The van der Waals surface area contributed by atoms with Crippen LogP contribution in [0.4, 0.5) is 0 Å². The number of hydrogen-bond acceptors (Lipinski definition) is 7. The number of fused-ring (bicyclic) bond motifs is 3. The van der Waals surface area contributed by atoms with Gasteiger partial charge in [-0.2, -0.15) is 0 Å². The molecule has 1 aliphatic carbocycles. The molecule has 1 unspecified atom stereocenters. The molecule has 1 saturated heterocycles. The van der Waals surface area contributed by atoms with Crippen molar-refractivity contribution in [3.8, 4) is 23.0 Å². The van der Waals surface area contributed by atoms with Gasteiger partial charge in [-0.15, -0.1) is 0 Å². The summed E-state index contributed by atoms with van der Waals surface area (Å²) in [5.41, 5.74) is 0.769. The van der Waals surface area contributed by atoms with Gasteiger partial charge in [0.2, 0.25) is 0 Å². The van der Waals surface area contributed by atoms with Crippen LogP contribution >= 0.6 is 0 Å². The van der Waals surface area contributed by atoms with Crippen molar-refractivity contribution in [3.05, 3.63) is 48.0 Å². The molecule has 1 saturated carbocycles. The van der Waals surface area contributed by atoms with Crippen LogP contribution in [0.25, 0.3) is 0 Å². The van der Waals surface area contributed by atoms with Crippen LogP contribution in [0.2, 0.25) is 0 Å². The number of methoxy groups -OCH3 is 1. The number of nitrogens with zero attached hydrogens (tertiary/aromatic N) is 1. The predicted octanol–water partition coefficient (Wildman–Crippen LogP) is 4.03. The summed E-state index contributed by atoms with van der Waals surface area (Å²) in [6.45, 7) is 3.14. The number of piperidine rings is 1. The summed E-state index contributed by atoms with van der Waals surface area (Å²) in [6, 6.07) is 13.5. The molecule has 7 nitrogen and oxygen atoms in total. The van der Waals surface area contributed by atoms with Crippen LogP contribution in [0.1, 0.15) is 43.8 Å². The molecular weight excluding hydrogens is 446 g/mol.